The Labute approximate surface area is 107 Å². The van der Waals surface area contributed by atoms with Gasteiger partial charge >= 0.3 is 0 Å². The summed E-state index contributed by atoms with van der Waals surface area (Å²) >= 11 is 1.46. The fourth-order valence-corrected chi connectivity index (χ4v) is 1.97. The number of hydrogen-bond acceptors (Lipinski definition) is 7. The van der Waals surface area contributed by atoms with Gasteiger partial charge in [-0.2, -0.15) is 4.98 Å². The molecule has 7 heteroatoms. The first-order valence-electron chi connectivity index (χ1n) is 5.25. The molecule has 3 aromatic rings. The lowest BCUT2D eigenvalue weighted by molar-refractivity contribution is 0.431. The molecule has 0 aromatic carbocycles. The molecule has 18 heavy (non-hydrogen) atoms. The average Bonchev–Trinajstić information content (AvgIpc) is 3.09. The van der Waals surface area contributed by atoms with Gasteiger partial charge in [-0.15, -0.1) is 11.3 Å². The number of rotatable bonds is 3. The van der Waals surface area contributed by atoms with Crippen LogP contribution < -0.4 is 5.73 Å². The van der Waals surface area contributed by atoms with Crippen molar-refractivity contribution in [1.82, 2.24) is 20.1 Å². The molecule has 2 N–H and O–H groups in total. The van der Waals surface area contributed by atoms with Gasteiger partial charge in [0.05, 0.1) is 10.4 Å². The van der Waals surface area contributed by atoms with Crippen molar-refractivity contribution in [1.29, 1.82) is 0 Å². The highest BCUT2D eigenvalue weighted by Gasteiger charge is 2.12. The summed E-state index contributed by atoms with van der Waals surface area (Å²) < 4.78 is 5.17. The first-order valence-corrected chi connectivity index (χ1v) is 6.13. The Morgan fingerprint density at radius 3 is 2.89 bits per heavy atom. The molecule has 0 saturated carbocycles. The minimum absolute atomic E-state index is 0.391. The van der Waals surface area contributed by atoms with Crippen LogP contribution in [0.15, 0.2) is 34.6 Å². The van der Waals surface area contributed by atoms with Gasteiger partial charge < -0.3 is 10.3 Å². The molecule has 3 aromatic heterocycles. The largest absolute Gasteiger partial charge is 0.332 e. The first-order chi connectivity index (χ1) is 8.86. The van der Waals surface area contributed by atoms with Gasteiger partial charge in [0.15, 0.2) is 0 Å². The summed E-state index contributed by atoms with van der Waals surface area (Å²) in [5, 5.41) is 3.90. The van der Waals surface area contributed by atoms with E-state index in [2.05, 4.69) is 20.1 Å². The van der Waals surface area contributed by atoms with Gasteiger partial charge in [-0.3, -0.25) is 9.97 Å². The molecule has 0 aliphatic carbocycles. The summed E-state index contributed by atoms with van der Waals surface area (Å²) in [4.78, 5) is 13.3. The number of aromatic nitrogens is 4. The minimum Gasteiger partial charge on any atom is -0.332 e. The Morgan fingerprint density at radius 1 is 1.28 bits per heavy atom. The van der Waals surface area contributed by atoms with Crippen molar-refractivity contribution < 1.29 is 4.52 Å². The Morgan fingerprint density at radius 2 is 2.22 bits per heavy atom. The lowest BCUT2D eigenvalue weighted by Gasteiger charge is -1.96. The van der Waals surface area contributed by atoms with Gasteiger partial charge in [-0.05, 0) is 11.6 Å². The van der Waals surface area contributed by atoms with Crippen LogP contribution in [0.4, 0.5) is 0 Å². The van der Waals surface area contributed by atoms with Crippen LogP contribution >= 0.6 is 11.3 Å². The van der Waals surface area contributed by atoms with Crippen molar-refractivity contribution in [2.75, 3.05) is 0 Å². The van der Waals surface area contributed by atoms with E-state index in [-0.39, 0.29) is 0 Å². The fourth-order valence-electron chi connectivity index (χ4n) is 1.43. The molecule has 90 valence electrons. The molecule has 0 aliphatic heterocycles. The third kappa shape index (κ3) is 2.01. The molecule has 0 atom stereocenters. The van der Waals surface area contributed by atoms with Crippen LogP contribution in [-0.2, 0) is 6.54 Å². The van der Waals surface area contributed by atoms with Crippen LogP contribution in [-0.4, -0.2) is 20.1 Å². The van der Waals surface area contributed by atoms with E-state index < -0.39 is 0 Å². The Bertz CT molecular complexity index is 632. The summed E-state index contributed by atoms with van der Waals surface area (Å²) in [5.41, 5.74) is 8.83. The SMILES string of the molecule is NCc1ccc(-c2nc(-c3cncs3)no2)nc1. The van der Waals surface area contributed by atoms with E-state index in [1.54, 1.807) is 17.9 Å². The molecule has 0 saturated heterocycles. The molecule has 3 heterocycles. The van der Waals surface area contributed by atoms with Gasteiger partial charge in [-0.1, -0.05) is 11.2 Å². The molecule has 0 amide bonds. The molecular weight excluding hydrogens is 250 g/mol. The van der Waals surface area contributed by atoms with Crippen LogP contribution in [0.1, 0.15) is 5.56 Å². The van der Waals surface area contributed by atoms with E-state index in [0.29, 0.717) is 24.0 Å². The van der Waals surface area contributed by atoms with Crippen LogP contribution in [0.5, 0.6) is 0 Å². The van der Waals surface area contributed by atoms with Crippen molar-refractivity contribution in [3.63, 3.8) is 0 Å². The second-order valence-electron chi connectivity index (χ2n) is 3.54. The molecular formula is C11H9N5OS. The maximum Gasteiger partial charge on any atom is 0.276 e. The average molecular weight is 259 g/mol. The zero-order valence-electron chi connectivity index (χ0n) is 9.28. The molecule has 0 fully saturated rings. The second kappa shape index (κ2) is 4.63. The number of nitrogens with two attached hydrogens (primary N) is 1. The number of nitrogens with zero attached hydrogens (tertiary/aromatic N) is 4. The maximum absolute atomic E-state index is 5.51. The molecule has 0 unspecified atom stereocenters. The van der Waals surface area contributed by atoms with Crippen LogP contribution in [0.3, 0.4) is 0 Å². The quantitative estimate of drug-likeness (QED) is 0.770. The van der Waals surface area contributed by atoms with Crippen molar-refractivity contribution >= 4 is 11.3 Å². The summed E-state index contributed by atoms with van der Waals surface area (Å²) in [6.07, 6.45) is 3.40. The molecule has 3 rings (SSSR count). The topological polar surface area (TPSA) is 90.7 Å². The Balaban J connectivity index is 1.92. The summed E-state index contributed by atoms with van der Waals surface area (Å²) in [5.74, 6) is 0.916. The highest BCUT2D eigenvalue weighted by molar-refractivity contribution is 7.13. The van der Waals surface area contributed by atoms with Gasteiger partial charge in [0.2, 0.25) is 5.82 Å². The molecule has 0 aliphatic rings. The third-order valence-corrected chi connectivity index (χ3v) is 3.13. The minimum atomic E-state index is 0.391. The zero-order valence-corrected chi connectivity index (χ0v) is 10.1. The van der Waals surface area contributed by atoms with Gasteiger partial charge in [-0.25, -0.2) is 0 Å². The first kappa shape index (κ1) is 11.0. The van der Waals surface area contributed by atoms with E-state index in [1.165, 1.54) is 11.3 Å². The zero-order chi connectivity index (χ0) is 12.4. The Kier molecular flexibility index (Phi) is 2.83. The summed E-state index contributed by atoms with van der Waals surface area (Å²) in [6, 6.07) is 3.70. The molecule has 6 nitrogen and oxygen atoms in total. The molecule has 0 radical (unpaired) electrons. The van der Waals surface area contributed by atoms with E-state index >= 15 is 0 Å². The molecule has 0 bridgehead atoms. The highest BCUT2D eigenvalue weighted by Crippen LogP contribution is 2.23. The standard InChI is InChI=1S/C11H9N5OS/c12-3-7-1-2-8(14-4-7)11-15-10(16-17-11)9-5-13-6-18-9/h1-2,4-6H,3,12H2. The van der Waals surface area contributed by atoms with E-state index in [1.807, 2.05) is 12.1 Å². The third-order valence-electron chi connectivity index (χ3n) is 2.36. The predicted octanol–water partition coefficient (Wildman–Crippen LogP) is 1.71. The Hall–Kier alpha value is -2.12. The summed E-state index contributed by atoms with van der Waals surface area (Å²) in [6.45, 7) is 0.462. The smallest absolute Gasteiger partial charge is 0.276 e. The van der Waals surface area contributed by atoms with Crippen LogP contribution in [0, 0.1) is 0 Å². The monoisotopic (exact) mass is 259 g/mol. The highest BCUT2D eigenvalue weighted by atomic mass is 32.1. The maximum atomic E-state index is 5.51. The van der Waals surface area contributed by atoms with Gasteiger partial charge in [0.25, 0.3) is 5.89 Å². The van der Waals surface area contributed by atoms with Crippen LogP contribution in [0.2, 0.25) is 0 Å². The van der Waals surface area contributed by atoms with Crippen molar-refractivity contribution in [3.8, 4) is 22.3 Å². The van der Waals surface area contributed by atoms with Crippen LogP contribution in [0.25, 0.3) is 22.3 Å². The van der Waals surface area contributed by atoms with Crippen molar-refractivity contribution in [2.24, 2.45) is 5.73 Å². The second-order valence-corrected chi connectivity index (χ2v) is 4.43. The lowest BCUT2D eigenvalue weighted by Crippen LogP contribution is -1.96. The van der Waals surface area contributed by atoms with Crippen molar-refractivity contribution in [3.05, 3.63) is 35.6 Å². The number of pyridine rings is 1. The summed E-state index contributed by atoms with van der Waals surface area (Å²) in [7, 11) is 0. The van der Waals surface area contributed by atoms with Gasteiger partial charge in [0.1, 0.15) is 5.69 Å². The number of thiazole rings is 1. The lowest BCUT2D eigenvalue weighted by atomic mass is 10.2. The predicted molar refractivity (Wildman–Crippen MR) is 66.5 cm³/mol. The number of hydrogen-bond donors (Lipinski definition) is 1. The van der Waals surface area contributed by atoms with Crippen molar-refractivity contribution in [2.45, 2.75) is 6.54 Å². The van der Waals surface area contributed by atoms with E-state index in [0.717, 1.165) is 10.4 Å². The van der Waals surface area contributed by atoms with E-state index in [4.69, 9.17) is 10.3 Å². The van der Waals surface area contributed by atoms with E-state index in [9.17, 15) is 0 Å². The molecule has 0 spiro atoms. The fraction of sp³-hybridized carbons (Fsp3) is 0.0909. The normalized spacial score (nSPS) is 10.7. The van der Waals surface area contributed by atoms with Gasteiger partial charge in [0, 0.05) is 18.9 Å².